The normalized spacial score (nSPS) is 12.5. The van der Waals surface area contributed by atoms with Crippen molar-refractivity contribution >= 4 is 17.9 Å². The number of carbonyl (C=O) groups is 3. The van der Waals surface area contributed by atoms with Crippen LogP contribution in [0.5, 0.6) is 0 Å². The first-order valence-corrected chi connectivity index (χ1v) is 25.8. The molecule has 0 aliphatic heterocycles. The van der Waals surface area contributed by atoms with E-state index in [1.165, 1.54) is 128 Å². The molecule has 0 spiro atoms. The Morgan fingerprint density at radius 2 is 0.656 bits per heavy atom. The van der Waals surface area contributed by atoms with Crippen LogP contribution in [0.2, 0.25) is 0 Å². The molecule has 352 valence electrons. The van der Waals surface area contributed by atoms with E-state index in [2.05, 4.69) is 81.5 Å². The van der Waals surface area contributed by atoms with Gasteiger partial charge in [0.2, 0.25) is 0 Å². The van der Waals surface area contributed by atoms with Crippen LogP contribution in [0.15, 0.2) is 60.8 Å². The summed E-state index contributed by atoms with van der Waals surface area (Å²) in [4.78, 5) is 37.9. The molecule has 1 unspecified atom stereocenters. The van der Waals surface area contributed by atoms with Crippen LogP contribution in [-0.2, 0) is 28.6 Å². The summed E-state index contributed by atoms with van der Waals surface area (Å²) in [6, 6.07) is 0. The summed E-state index contributed by atoms with van der Waals surface area (Å²) in [5.41, 5.74) is 0. The third-order valence-electron chi connectivity index (χ3n) is 11.0. The van der Waals surface area contributed by atoms with Gasteiger partial charge in [-0.2, -0.15) is 0 Å². The Morgan fingerprint density at radius 1 is 0.344 bits per heavy atom. The van der Waals surface area contributed by atoms with Crippen LogP contribution in [-0.4, -0.2) is 37.2 Å². The van der Waals surface area contributed by atoms with Crippen molar-refractivity contribution in [1.29, 1.82) is 0 Å². The Bertz CT molecular complexity index is 1120. The maximum Gasteiger partial charge on any atom is 0.306 e. The number of rotatable bonds is 46. The van der Waals surface area contributed by atoms with Gasteiger partial charge in [0.05, 0.1) is 0 Å². The molecule has 0 aromatic heterocycles. The molecule has 6 heteroatoms. The first kappa shape index (κ1) is 58.1. The second-order valence-corrected chi connectivity index (χ2v) is 17.1. The number of carbonyl (C=O) groups excluding carboxylic acids is 3. The molecule has 0 radical (unpaired) electrons. The Labute approximate surface area is 377 Å². The minimum absolute atomic E-state index is 0.0885. The summed E-state index contributed by atoms with van der Waals surface area (Å²) in [6.07, 6.45) is 60.6. The van der Waals surface area contributed by atoms with Crippen molar-refractivity contribution in [3.05, 3.63) is 60.8 Å². The Morgan fingerprint density at radius 3 is 1.11 bits per heavy atom. The van der Waals surface area contributed by atoms with E-state index in [1.807, 2.05) is 0 Å². The van der Waals surface area contributed by atoms with Gasteiger partial charge in [-0.3, -0.25) is 14.4 Å². The number of unbranched alkanes of at least 4 members (excludes halogenated alkanes) is 26. The van der Waals surface area contributed by atoms with Crippen molar-refractivity contribution in [2.75, 3.05) is 13.2 Å². The average Bonchev–Trinajstić information content (AvgIpc) is 3.26. The predicted molar refractivity (Wildman–Crippen MR) is 261 cm³/mol. The topological polar surface area (TPSA) is 78.9 Å². The summed E-state index contributed by atoms with van der Waals surface area (Å²) in [6.45, 7) is 6.52. The van der Waals surface area contributed by atoms with Crippen LogP contribution in [0.3, 0.4) is 0 Å². The van der Waals surface area contributed by atoms with Gasteiger partial charge < -0.3 is 14.2 Å². The van der Waals surface area contributed by atoms with Gasteiger partial charge in [-0.25, -0.2) is 0 Å². The maximum absolute atomic E-state index is 12.8. The molecule has 0 saturated carbocycles. The smallest absolute Gasteiger partial charge is 0.306 e. The monoisotopic (exact) mass is 853 g/mol. The number of allylic oxidation sites excluding steroid dienone is 10. The standard InChI is InChI=1S/C55H96O6/c1-4-7-10-13-16-19-22-24-26-27-29-30-33-36-39-42-45-48-54(57)60-51-52(50-59-53(56)47-44-41-38-35-32-21-18-15-12-9-6-3)61-55(58)49-46-43-40-37-34-31-28-25-23-20-17-14-11-8-5-2/h15-16,18-21,23-24,26,32,52H,4-14,17,22,25,27-31,33-51H2,1-3H3/b18-15-,19-16-,23-20-,26-24-,32-21-. The molecular weight excluding hydrogens is 757 g/mol. The van der Waals surface area contributed by atoms with Crippen molar-refractivity contribution in [2.24, 2.45) is 0 Å². The second-order valence-electron chi connectivity index (χ2n) is 17.1. The highest BCUT2D eigenvalue weighted by Crippen LogP contribution is 2.14. The predicted octanol–water partition coefficient (Wildman–Crippen LogP) is 16.9. The van der Waals surface area contributed by atoms with Crippen molar-refractivity contribution in [3.63, 3.8) is 0 Å². The largest absolute Gasteiger partial charge is 0.462 e. The number of esters is 3. The van der Waals surface area contributed by atoms with E-state index in [0.29, 0.717) is 19.3 Å². The van der Waals surface area contributed by atoms with Crippen LogP contribution in [0, 0.1) is 0 Å². The minimum atomic E-state index is -0.789. The van der Waals surface area contributed by atoms with E-state index >= 15 is 0 Å². The summed E-state index contributed by atoms with van der Waals surface area (Å²) in [5, 5.41) is 0. The van der Waals surface area contributed by atoms with E-state index in [4.69, 9.17) is 14.2 Å². The molecular formula is C55H96O6. The van der Waals surface area contributed by atoms with E-state index in [0.717, 1.165) is 83.5 Å². The fraction of sp³-hybridized carbons (Fsp3) is 0.764. The van der Waals surface area contributed by atoms with Crippen LogP contribution in [0.4, 0.5) is 0 Å². The fourth-order valence-corrected chi connectivity index (χ4v) is 7.03. The van der Waals surface area contributed by atoms with E-state index < -0.39 is 6.10 Å². The highest BCUT2D eigenvalue weighted by molar-refractivity contribution is 5.71. The molecule has 0 aliphatic rings. The van der Waals surface area contributed by atoms with Crippen molar-refractivity contribution < 1.29 is 28.6 Å². The highest BCUT2D eigenvalue weighted by Gasteiger charge is 2.19. The molecule has 0 aromatic carbocycles. The minimum Gasteiger partial charge on any atom is -0.462 e. The van der Waals surface area contributed by atoms with Gasteiger partial charge in [-0.15, -0.1) is 0 Å². The third-order valence-corrected chi connectivity index (χ3v) is 11.0. The first-order valence-electron chi connectivity index (χ1n) is 25.8. The summed E-state index contributed by atoms with van der Waals surface area (Å²) in [5.74, 6) is -0.926. The number of hydrogen-bond acceptors (Lipinski definition) is 6. The maximum atomic E-state index is 12.8. The van der Waals surface area contributed by atoms with Crippen LogP contribution >= 0.6 is 0 Å². The lowest BCUT2D eigenvalue weighted by Gasteiger charge is -2.18. The highest BCUT2D eigenvalue weighted by atomic mass is 16.6. The zero-order chi connectivity index (χ0) is 44.4. The molecule has 0 saturated heterocycles. The molecule has 0 rings (SSSR count). The first-order chi connectivity index (χ1) is 30.0. The second kappa shape index (κ2) is 49.8. The van der Waals surface area contributed by atoms with Gasteiger partial charge in [-0.05, 0) is 96.3 Å². The lowest BCUT2D eigenvalue weighted by atomic mass is 10.1. The molecule has 61 heavy (non-hydrogen) atoms. The van der Waals surface area contributed by atoms with E-state index in [9.17, 15) is 14.4 Å². The average molecular weight is 853 g/mol. The molecule has 0 aromatic rings. The summed E-state index contributed by atoms with van der Waals surface area (Å²) < 4.78 is 16.8. The zero-order valence-corrected chi connectivity index (χ0v) is 40.2. The van der Waals surface area contributed by atoms with E-state index in [1.54, 1.807) is 0 Å². The Balaban J connectivity index is 4.39. The Kier molecular flexibility index (Phi) is 47.4. The quantitative estimate of drug-likeness (QED) is 0.0200. The molecule has 6 nitrogen and oxygen atoms in total. The Hall–Kier alpha value is -2.89. The molecule has 0 amide bonds. The lowest BCUT2D eigenvalue weighted by Crippen LogP contribution is -2.30. The number of hydrogen-bond donors (Lipinski definition) is 0. The van der Waals surface area contributed by atoms with Crippen molar-refractivity contribution in [3.8, 4) is 0 Å². The molecule has 0 heterocycles. The van der Waals surface area contributed by atoms with E-state index in [-0.39, 0.29) is 31.1 Å². The van der Waals surface area contributed by atoms with Crippen LogP contribution in [0.1, 0.15) is 252 Å². The van der Waals surface area contributed by atoms with Gasteiger partial charge in [0.1, 0.15) is 13.2 Å². The molecule has 1 atom stereocenters. The lowest BCUT2D eigenvalue weighted by molar-refractivity contribution is -0.167. The van der Waals surface area contributed by atoms with Gasteiger partial charge in [0.25, 0.3) is 0 Å². The summed E-state index contributed by atoms with van der Waals surface area (Å²) >= 11 is 0. The van der Waals surface area contributed by atoms with Crippen molar-refractivity contribution in [1.82, 2.24) is 0 Å². The zero-order valence-electron chi connectivity index (χ0n) is 40.2. The molecule has 0 fully saturated rings. The fourth-order valence-electron chi connectivity index (χ4n) is 7.03. The van der Waals surface area contributed by atoms with Gasteiger partial charge in [-0.1, -0.05) is 197 Å². The third kappa shape index (κ3) is 48.0. The SMILES string of the molecule is CCCC/C=C\C=C/CCCCCC(=O)OCC(COC(=O)CCCCCCCCC/C=C\C/C=C\CCCCC)OC(=O)CCCCCCCCC/C=C\CCCCCC. The molecule has 0 N–H and O–H groups in total. The molecule has 0 bridgehead atoms. The van der Waals surface area contributed by atoms with Gasteiger partial charge >= 0.3 is 17.9 Å². The van der Waals surface area contributed by atoms with Crippen LogP contribution in [0.25, 0.3) is 0 Å². The van der Waals surface area contributed by atoms with Crippen molar-refractivity contribution in [2.45, 2.75) is 258 Å². The van der Waals surface area contributed by atoms with Gasteiger partial charge in [0.15, 0.2) is 6.10 Å². The number of ether oxygens (including phenoxy) is 3. The molecule has 0 aliphatic carbocycles. The van der Waals surface area contributed by atoms with Gasteiger partial charge in [0, 0.05) is 19.3 Å². The summed E-state index contributed by atoms with van der Waals surface area (Å²) in [7, 11) is 0. The van der Waals surface area contributed by atoms with Crippen LogP contribution < -0.4 is 0 Å².